The van der Waals surface area contributed by atoms with Crippen molar-refractivity contribution >= 4 is 23.2 Å². The molecule has 7 nitrogen and oxygen atoms in total. The molecular formula is C18H17ClN4O3. The molecule has 0 aliphatic carbocycles. The van der Waals surface area contributed by atoms with Crippen molar-refractivity contribution in [2.45, 2.75) is 6.61 Å². The highest BCUT2D eigenvalue weighted by Crippen LogP contribution is 2.17. The Balaban J connectivity index is 1.76. The fourth-order valence-electron chi connectivity index (χ4n) is 2.39. The molecule has 0 aliphatic heterocycles. The van der Waals surface area contributed by atoms with Gasteiger partial charge in [0, 0.05) is 36.9 Å². The Bertz CT molecular complexity index is 1010. The minimum atomic E-state index is -0.407. The van der Waals surface area contributed by atoms with Gasteiger partial charge in [-0.1, -0.05) is 29.8 Å². The van der Waals surface area contributed by atoms with E-state index in [1.165, 1.54) is 23.0 Å². The van der Waals surface area contributed by atoms with E-state index in [1.807, 2.05) is 18.2 Å². The number of benzene rings is 1. The first kappa shape index (κ1) is 17.8. The van der Waals surface area contributed by atoms with Gasteiger partial charge in [0.15, 0.2) is 5.75 Å². The minimum absolute atomic E-state index is 0.144. The van der Waals surface area contributed by atoms with E-state index in [2.05, 4.69) is 10.4 Å². The van der Waals surface area contributed by atoms with E-state index >= 15 is 0 Å². The molecule has 0 bridgehead atoms. The summed E-state index contributed by atoms with van der Waals surface area (Å²) in [5.74, 6) is -0.263. The highest BCUT2D eigenvalue weighted by molar-refractivity contribution is 6.31. The number of pyridine rings is 1. The van der Waals surface area contributed by atoms with Crippen molar-refractivity contribution in [3.8, 4) is 5.75 Å². The van der Waals surface area contributed by atoms with Crippen LogP contribution in [0.25, 0.3) is 0 Å². The molecule has 3 rings (SSSR count). The number of carbonyl (C=O) groups is 1. The van der Waals surface area contributed by atoms with Crippen LogP contribution in [0.2, 0.25) is 5.02 Å². The quantitative estimate of drug-likeness (QED) is 0.746. The first-order valence-corrected chi connectivity index (χ1v) is 8.18. The predicted molar refractivity (Wildman–Crippen MR) is 98.6 cm³/mol. The molecule has 26 heavy (non-hydrogen) atoms. The van der Waals surface area contributed by atoms with E-state index in [1.54, 1.807) is 31.0 Å². The van der Waals surface area contributed by atoms with E-state index in [-0.39, 0.29) is 23.5 Å². The summed E-state index contributed by atoms with van der Waals surface area (Å²) in [4.78, 5) is 24.7. The molecule has 8 heteroatoms. The third-order valence-corrected chi connectivity index (χ3v) is 4.11. The number of nitrogens with one attached hydrogen (secondary N) is 1. The van der Waals surface area contributed by atoms with E-state index in [0.29, 0.717) is 10.7 Å². The van der Waals surface area contributed by atoms with Gasteiger partial charge in [-0.15, -0.1) is 0 Å². The monoisotopic (exact) mass is 372 g/mol. The Labute approximate surface area is 154 Å². The first-order chi connectivity index (χ1) is 12.4. The van der Waals surface area contributed by atoms with E-state index in [4.69, 9.17) is 16.3 Å². The first-order valence-electron chi connectivity index (χ1n) is 7.81. The topological polar surface area (TPSA) is 78.1 Å². The summed E-state index contributed by atoms with van der Waals surface area (Å²) in [5.41, 5.74) is 1.15. The average Bonchev–Trinajstić information content (AvgIpc) is 3.01. The third-order valence-electron chi connectivity index (χ3n) is 3.74. The number of carbonyl (C=O) groups excluding carboxylic acids is 1. The summed E-state index contributed by atoms with van der Waals surface area (Å²) in [6.07, 6.45) is 4.67. The molecule has 3 aromatic rings. The molecule has 2 aromatic heterocycles. The van der Waals surface area contributed by atoms with Gasteiger partial charge in [0.1, 0.15) is 12.3 Å². The molecule has 0 unspecified atom stereocenters. The van der Waals surface area contributed by atoms with Gasteiger partial charge in [-0.25, -0.2) is 0 Å². The Hall–Kier alpha value is -3.06. The largest absolute Gasteiger partial charge is 0.483 e. The number of nitrogens with zero attached hydrogens (tertiary/aromatic N) is 3. The lowest BCUT2D eigenvalue weighted by Crippen LogP contribution is -2.21. The highest BCUT2D eigenvalue weighted by Gasteiger charge is 2.14. The highest BCUT2D eigenvalue weighted by atomic mass is 35.5. The lowest BCUT2D eigenvalue weighted by molar-refractivity contribution is 0.101. The van der Waals surface area contributed by atoms with Crippen LogP contribution in [0.4, 0.5) is 5.69 Å². The maximum atomic E-state index is 12.4. The molecule has 2 heterocycles. The zero-order valence-electron chi connectivity index (χ0n) is 14.3. The van der Waals surface area contributed by atoms with Gasteiger partial charge in [-0.2, -0.15) is 5.10 Å². The molecule has 0 aliphatic rings. The van der Waals surface area contributed by atoms with E-state index in [9.17, 15) is 9.59 Å². The predicted octanol–water partition coefficient (Wildman–Crippen LogP) is 2.60. The molecule has 0 atom stereocenters. The fourth-order valence-corrected chi connectivity index (χ4v) is 2.58. The Kier molecular flexibility index (Phi) is 5.09. The van der Waals surface area contributed by atoms with Gasteiger partial charge in [0.25, 0.3) is 5.91 Å². The van der Waals surface area contributed by atoms with Crippen LogP contribution < -0.4 is 15.5 Å². The average molecular weight is 373 g/mol. The van der Waals surface area contributed by atoms with Crippen LogP contribution in [0.1, 0.15) is 16.1 Å². The SMILES string of the molecule is Cn1cc(NC(=O)c2cc(=O)c(OCc3ccccc3Cl)cn2C)cn1. The Morgan fingerprint density at radius 1 is 1.27 bits per heavy atom. The van der Waals surface area contributed by atoms with Crippen molar-refractivity contribution in [2.24, 2.45) is 14.1 Å². The van der Waals surface area contributed by atoms with Crippen molar-refractivity contribution in [3.05, 3.63) is 75.4 Å². The van der Waals surface area contributed by atoms with Crippen LogP contribution in [-0.4, -0.2) is 20.3 Å². The van der Waals surface area contributed by atoms with Gasteiger partial charge < -0.3 is 14.6 Å². The van der Waals surface area contributed by atoms with Gasteiger partial charge >= 0.3 is 0 Å². The zero-order valence-corrected chi connectivity index (χ0v) is 15.0. The summed E-state index contributed by atoms with van der Waals surface area (Å²) in [7, 11) is 3.41. The number of hydrogen-bond acceptors (Lipinski definition) is 4. The number of rotatable bonds is 5. The number of anilines is 1. The number of halogens is 1. The van der Waals surface area contributed by atoms with Crippen LogP contribution in [-0.2, 0) is 20.7 Å². The molecular weight excluding hydrogens is 356 g/mol. The summed E-state index contributed by atoms with van der Waals surface area (Å²) < 4.78 is 8.68. The minimum Gasteiger partial charge on any atom is -0.483 e. The number of aromatic nitrogens is 3. The number of amides is 1. The normalized spacial score (nSPS) is 10.6. The molecule has 1 N–H and O–H groups in total. The standard InChI is InChI=1S/C18H17ClN4O3/c1-22-10-17(26-11-12-5-3-4-6-14(12)19)16(24)7-15(22)18(25)21-13-8-20-23(2)9-13/h3-10H,11H2,1-2H3,(H,21,25). The lowest BCUT2D eigenvalue weighted by atomic mass is 10.2. The van der Waals surface area contributed by atoms with Crippen molar-refractivity contribution in [3.63, 3.8) is 0 Å². The van der Waals surface area contributed by atoms with Crippen LogP contribution in [0.15, 0.2) is 53.7 Å². The molecule has 0 radical (unpaired) electrons. The Morgan fingerprint density at radius 2 is 2.04 bits per heavy atom. The second kappa shape index (κ2) is 7.45. The summed E-state index contributed by atoms with van der Waals surface area (Å²) in [6, 6.07) is 8.48. The second-order valence-electron chi connectivity index (χ2n) is 5.73. The van der Waals surface area contributed by atoms with Crippen molar-refractivity contribution < 1.29 is 9.53 Å². The van der Waals surface area contributed by atoms with E-state index in [0.717, 1.165) is 5.56 Å². The summed E-state index contributed by atoms with van der Waals surface area (Å²) >= 11 is 6.08. The molecule has 1 amide bonds. The van der Waals surface area contributed by atoms with Gasteiger partial charge in [0.2, 0.25) is 5.43 Å². The van der Waals surface area contributed by atoms with E-state index < -0.39 is 5.91 Å². The van der Waals surface area contributed by atoms with Crippen LogP contribution >= 0.6 is 11.6 Å². The molecule has 0 fully saturated rings. The number of aryl methyl sites for hydroxylation is 2. The molecule has 0 spiro atoms. The lowest BCUT2D eigenvalue weighted by Gasteiger charge is -2.12. The summed E-state index contributed by atoms with van der Waals surface area (Å²) in [5, 5.41) is 7.24. The number of hydrogen-bond donors (Lipinski definition) is 1. The van der Waals surface area contributed by atoms with Crippen LogP contribution in [0.5, 0.6) is 5.75 Å². The molecule has 134 valence electrons. The maximum Gasteiger partial charge on any atom is 0.272 e. The van der Waals surface area contributed by atoms with Gasteiger partial charge in [-0.05, 0) is 6.07 Å². The third kappa shape index (κ3) is 3.94. The van der Waals surface area contributed by atoms with Crippen molar-refractivity contribution in [1.82, 2.24) is 14.3 Å². The Morgan fingerprint density at radius 3 is 2.73 bits per heavy atom. The van der Waals surface area contributed by atoms with Crippen molar-refractivity contribution in [2.75, 3.05) is 5.32 Å². The molecule has 0 saturated heterocycles. The number of ether oxygens (including phenoxy) is 1. The van der Waals surface area contributed by atoms with Crippen LogP contribution in [0, 0.1) is 0 Å². The summed E-state index contributed by atoms with van der Waals surface area (Å²) in [6.45, 7) is 0.163. The fraction of sp³-hybridized carbons (Fsp3) is 0.167. The molecule has 1 aromatic carbocycles. The van der Waals surface area contributed by atoms with Crippen molar-refractivity contribution in [1.29, 1.82) is 0 Å². The smallest absolute Gasteiger partial charge is 0.272 e. The van der Waals surface area contributed by atoms with Gasteiger partial charge in [0.05, 0.1) is 18.1 Å². The zero-order chi connectivity index (χ0) is 18.7. The van der Waals surface area contributed by atoms with Crippen LogP contribution in [0.3, 0.4) is 0 Å². The maximum absolute atomic E-state index is 12.4. The molecule has 0 saturated carbocycles. The van der Waals surface area contributed by atoms with Gasteiger partial charge in [-0.3, -0.25) is 14.3 Å². The second-order valence-corrected chi connectivity index (χ2v) is 6.14.